The highest BCUT2D eigenvalue weighted by Crippen LogP contribution is 2.29. The van der Waals surface area contributed by atoms with Crippen molar-refractivity contribution in [1.29, 1.82) is 0 Å². The highest BCUT2D eigenvalue weighted by molar-refractivity contribution is 5.81. The normalized spacial score (nSPS) is 16.4. The lowest BCUT2D eigenvalue weighted by Crippen LogP contribution is -2.33. The Kier molecular flexibility index (Phi) is 5.52. The third kappa shape index (κ3) is 3.67. The molecule has 1 saturated heterocycles. The summed E-state index contributed by atoms with van der Waals surface area (Å²) in [6, 6.07) is 3.72. The summed E-state index contributed by atoms with van der Waals surface area (Å²) in [6.45, 7) is 7.81. The van der Waals surface area contributed by atoms with Gasteiger partial charge in [-0.1, -0.05) is 13.8 Å². The topological polar surface area (TPSA) is 95.3 Å². The van der Waals surface area contributed by atoms with Gasteiger partial charge in [-0.3, -0.25) is 4.79 Å². The summed E-state index contributed by atoms with van der Waals surface area (Å²) in [4.78, 5) is 32.0. The first-order valence-corrected chi connectivity index (χ1v) is 10.2. The Morgan fingerprint density at radius 3 is 2.77 bits per heavy atom. The molecule has 0 saturated carbocycles. The molecule has 1 atom stereocenters. The third-order valence-corrected chi connectivity index (χ3v) is 5.25. The van der Waals surface area contributed by atoms with Crippen LogP contribution in [0.4, 0.5) is 0 Å². The van der Waals surface area contributed by atoms with E-state index in [-0.39, 0.29) is 17.9 Å². The molecule has 1 amide bonds. The van der Waals surface area contributed by atoms with Crippen molar-refractivity contribution in [3.63, 3.8) is 0 Å². The van der Waals surface area contributed by atoms with Gasteiger partial charge >= 0.3 is 0 Å². The molecule has 3 aromatic heterocycles. The Morgan fingerprint density at radius 1 is 1.27 bits per heavy atom. The van der Waals surface area contributed by atoms with E-state index in [9.17, 15) is 4.79 Å². The first kappa shape index (κ1) is 20.1. The molecule has 0 radical (unpaired) electrons. The predicted octanol–water partition coefficient (Wildman–Crippen LogP) is 2.55. The Morgan fingerprint density at radius 2 is 2.10 bits per heavy atom. The highest BCUT2D eigenvalue weighted by atomic mass is 16.5. The first-order valence-electron chi connectivity index (χ1n) is 10.2. The molecule has 0 aromatic carbocycles. The summed E-state index contributed by atoms with van der Waals surface area (Å²) in [5.41, 5.74) is 2.18. The van der Waals surface area contributed by atoms with Gasteiger partial charge in [0, 0.05) is 43.3 Å². The van der Waals surface area contributed by atoms with Crippen LogP contribution in [-0.2, 0) is 11.3 Å². The lowest BCUT2D eigenvalue weighted by molar-refractivity contribution is -0.133. The van der Waals surface area contributed by atoms with E-state index >= 15 is 0 Å². The van der Waals surface area contributed by atoms with Gasteiger partial charge < -0.3 is 18.9 Å². The van der Waals surface area contributed by atoms with Crippen LogP contribution in [0.25, 0.3) is 22.6 Å². The third-order valence-electron chi connectivity index (χ3n) is 5.25. The zero-order chi connectivity index (χ0) is 21.3. The fourth-order valence-corrected chi connectivity index (χ4v) is 3.70. The molecule has 4 rings (SSSR count). The minimum absolute atomic E-state index is 0.0181. The summed E-state index contributed by atoms with van der Waals surface area (Å²) in [6.07, 6.45) is 3.89. The van der Waals surface area contributed by atoms with Crippen LogP contribution in [0.5, 0.6) is 11.8 Å². The molecule has 9 nitrogen and oxygen atoms in total. The second-order valence-corrected chi connectivity index (χ2v) is 7.59. The smallest absolute Gasteiger partial charge is 0.245 e. The van der Waals surface area contributed by atoms with Gasteiger partial charge in [0.15, 0.2) is 11.2 Å². The van der Waals surface area contributed by atoms with Gasteiger partial charge in [0.05, 0.1) is 13.7 Å². The first-order chi connectivity index (χ1) is 14.5. The van der Waals surface area contributed by atoms with Crippen LogP contribution in [0.2, 0.25) is 0 Å². The van der Waals surface area contributed by atoms with Gasteiger partial charge in [0.2, 0.25) is 17.7 Å². The number of hydrogen-bond donors (Lipinski definition) is 0. The van der Waals surface area contributed by atoms with E-state index in [1.54, 1.807) is 19.4 Å². The number of pyridine rings is 1. The SMILES string of the molecule is CCn1c(-c2ccc(OC)nc2)nc2c(OC3CCN(C(=O)C(C)C)C3)ncnc21. The number of ether oxygens (including phenoxy) is 2. The number of nitrogens with zero attached hydrogens (tertiary/aromatic N) is 6. The van der Waals surface area contributed by atoms with Crippen LogP contribution < -0.4 is 9.47 Å². The number of likely N-dealkylation sites (tertiary alicyclic amines) is 1. The lowest BCUT2D eigenvalue weighted by Gasteiger charge is -2.18. The fraction of sp³-hybridized carbons (Fsp3) is 0.476. The van der Waals surface area contributed by atoms with Gasteiger partial charge in [-0.05, 0) is 13.0 Å². The Labute approximate surface area is 175 Å². The monoisotopic (exact) mass is 410 g/mol. The molecular weight excluding hydrogens is 384 g/mol. The van der Waals surface area contributed by atoms with Crippen LogP contribution >= 0.6 is 0 Å². The Balaban J connectivity index is 1.64. The molecule has 0 N–H and O–H groups in total. The quantitative estimate of drug-likeness (QED) is 0.616. The summed E-state index contributed by atoms with van der Waals surface area (Å²) in [7, 11) is 1.58. The van der Waals surface area contributed by atoms with Crippen molar-refractivity contribution in [2.75, 3.05) is 20.2 Å². The van der Waals surface area contributed by atoms with Gasteiger partial charge in [0.1, 0.15) is 18.3 Å². The van der Waals surface area contributed by atoms with E-state index in [1.165, 1.54) is 6.33 Å². The standard InChI is InChI=1S/C21H26N6O3/c1-5-27-18(14-6-7-16(29-4)22-10-14)25-17-19(27)23-12-24-20(17)30-15-8-9-26(11-15)21(28)13(2)3/h6-7,10,12-13,15H,5,8-9,11H2,1-4H3. The number of aryl methyl sites for hydroxylation is 1. The van der Waals surface area contributed by atoms with Crippen molar-refractivity contribution < 1.29 is 14.3 Å². The maximum Gasteiger partial charge on any atom is 0.245 e. The number of amides is 1. The summed E-state index contributed by atoms with van der Waals surface area (Å²) in [5, 5.41) is 0. The Hall–Kier alpha value is -3.23. The van der Waals surface area contributed by atoms with Crippen molar-refractivity contribution in [3.8, 4) is 23.1 Å². The molecule has 1 aliphatic rings. The molecule has 158 valence electrons. The largest absolute Gasteiger partial charge is 0.481 e. The van der Waals surface area contributed by atoms with Crippen LogP contribution in [0, 0.1) is 5.92 Å². The second-order valence-electron chi connectivity index (χ2n) is 7.59. The van der Waals surface area contributed by atoms with Crippen LogP contribution in [0.3, 0.4) is 0 Å². The second kappa shape index (κ2) is 8.25. The van der Waals surface area contributed by atoms with Crippen molar-refractivity contribution >= 4 is 17.1 Å². The van der Waals surface area contributed by atoms with E-state index in [0.717, 1.165) is 17.8 Å². The van der Waals surface area contributed by atoms with E-state index < -0.39 is 0 Å². The van der Waals surface area contributed by atoms with Gasteiger partial charge in [-0.25, -0.2) is 15.0 Å². The van der Waals surface area contributed by atoms with Gasteiger partial charge in [0.25, 0.3) is 0 Å². The van der Waals surface area contributed by atoms with Crippen LogP contribution in [0.1, 0.15) is 27.2 Å². The van der Waals surface area contributed by atoms with E-state index in [0.29, 0.717) is 42.6 Å². The number of carbonyl (C=O) groups is 1. The number of fused-ring (bicyclic) bond motifs is 1. The number of imidazole rings is 1. The Bertz CT molecular complexity index is 1050. The minimum Gasteiger partial charge on any atom is -0.481 e. The number of methoxy groups -OCH3 is 1. The maximum absolute atomic E-state index is 12.3. The fourth-order valence-electron chi connectivity index (χ4n) is 3.70. The van der Waals surface area contributed by atoms with E-state index in [4.69, 9.17) is 14.5 Å². The van der Waals surface area contributed by atoms with Crippen molar-refractivity contribution in [2.24, 2.45) is 5.92 Å². The molecule has 0 aliphatic carbocycles. The average Bonchev–Trinajstić information content (AvgIpc) is 3.38. The minimum atomic E-state index is -0.108. The van der Waals surface area contributed by atoms with E-state index in [1.807, 2.05) is 36.3 Å². The molecule has 9 heteroatoms. The molecular formula is C21H26N6O3. The van der Waals surface area contributed by atoms with Crippen LogP contribution in [0.15, 0.2) is 24.7 Å². The molecule has 0 bridgehead atoms. The summed E-state index contributed by atoms with van der Waals surface area (Å²) in [5.74, 6) is 1.87. The van der Waals surface area contributed by atoms with Gasteiger partial charge in [-0.2, -0.15) is 4.98 Å². The molecule has 0 spiro atoms. The predicted molar refractivity (Wildman–Crippen MR) is 111 cm³/mol. The molecule has 30 heavy (non-hydrogen) atoms. The number of rotatable bonds is 6. The number of aromatic nitrogens is 5. The molecule has 1 fully saturated rings. The highest BCUT2D eigenvalue weighted by Gasteiger charge is 2.30. The van der Waals surface area contributed by atoms with E-state index in [2.05, 4.69) is 15.0 Å². The van der Waals surface area contributed by atoms with Crippen molar-refractivity contribution in [1.82, 2.24) is 29.4 Å². The number of carbonyl (C=O) groups excluding carboxylic acids is 1. The number of hydrogen-bond acceptors (Lipinski definition) is 7. The maximum atomic E-state index is 12.3. The lowest BCUT2D eigenvalue weighted by atomic mass is 10.2. The summed E-state index contributed by atoms with van der Waals surface area (Å²) < 4.78 is 13.3. The van der Waals surface area contributed by atoms with Crippen molar-refractivity contribution in [3.05, 3.63) is 24.7 Å². The zero-order valence-electron chi connectivity index (χ0n) is 17.7. The average molecular weight is 410 g/mol. The summed E-state index contributed by atoms with van der Waals surface area (Å²) >= 11 is 0. The molecule has 1 unspecified atom stereocenters. The van der Waals surface area contributed by atoms with Crippen molar-refractivity contribution in [2.45, 2.75) is 39.8 Å². The molecule has 1 aliphatic heterocycles. The van der Waals surface area contributed by atoms with Crippen LogP contribution in [-0.4, -0.2) is 61.6 Å². The molecule has 3 aromatic rings. The zero-order valence-corrected chi connectivity index (χ0v) is 17.7. The molecule has 4 heterocycles. The van der Waals surface area contributed by atoms with Gasteiger partial charge in [-0.15, -0.1) is 0 Å².